The van der Waals surface area contributed by atoms with Crippen molar-refractivity contribution >= 4 is 74.8 Å². The molecule has 2 heteroatoms. The lowest BCUT2D eigenvalue weighted by Gasteiger charge is -2.18. The van der Waals surface area contributed by atoms with Crippen molar-refractivity contribution in [3.05, 3.63) is 134 Å². The molecule has 0 bridgehead atoms. The van der Waals surface area contributed by atoms with Gasteiger partial charge in [0.15, 0.2) is 0 Å². The Hall–Kier alpha value is -4.92. The minimum Gasteiger partial charge on any atom is -0.464 e. The Labute approximate surface area is 234 Å². The third kappa shape index (κ3) is 3.03. The molecule has 1 nitrogen and oxygen atoms in total. The number of hydrogen-bond acceptors (Lipinski definition) is 2. The fourth-order valence-electron chi connectivity index (χ4n) is 6.61. The van der Waals surface area contributed by atoms with E-state index in [1.807, 2.05) is 11.3 Å². The maximum Gasteiger partial charge on any atom is 0.134 e. The van der Waals surface area contributed by atoms with Gasteiger partial charge in [0.2, 0.25) is 0 Å². The Morgan fingerprint density at radius 1 is 0.475 bits per heavy atom. The molecule has 0 aliphatic carbocycles. The number of fused-ring (bicyclic) bond motifs is 8. The number of furan rings is 1. The maximum absolute atomic E-state index is 5.76. The lowest BCUT2D eigenvalue weighted by molar-refractivity contribution is 0.616. The van der Waals surface area contributed by atoms with Crippen molar-refractivity contribution in [3.63, 3.8) is 0 Å². The van der Waals surface area contributed by atoms with Crippen LogP contribution >= 0.6 is 11.3 Å². The van der Waals surface area contributed by atoms with Gasteiger partial charge in [-0.05, 0) is 73.3 Å². The molecule has 0 saturated heterocycles. The van der Waals surface area contributed by atoms with Crippen molar-refractivity contribution in [2.45, 2.75) is 0 Å². The lowest BCUT2D eigenvalue weighted by Crippen LogP contribution is -1.91. The first-order valence-electron chi connectivity index (χ1n) is 13.6. The van der Waals surface area contributed by atoms with Crippen LogP contribution in [0.3, 0.4) is 0 Å². The molecule has 0 aliphatic heterocycles. The largest absolute Gasteiger partial charge is 0.464 e. The molecule has 0 N–H and O–H groups in total. The fourth-order valence-corrected chi connectivity index (χ4v) is 7.85. The zero-order valence-corrected chi connectivity index (χ0v) is 22.3. The monoisotopic (exact) mass is 526 g/mol. The van der Waals surface area contributed by atoms with Gasteiger partial charge in [-0.3, -0.25) is 0 Å². The summed E-state index contributed by atoms with van der Waals surface area (Å²) in [5.74, 6) is 0. The Balaban J connectivity index is 1.43. The minimum atomic E-state index is 0.938. The van der Waals surface area contributed by atoms with Crippen molar-refractivity contribution in [1.29, 1.82) is 0 Å². The highest BCUT2D eigenvalue weighted by atomic mass is 32.1. The highest BCUT2D eigenvalue weighted by Crippen LogP contribution is 2.48. The zero-order valence-electron chi connectivity index (χ0n) is 21.5. The summed E-state index contributed by atoms with van der Waals surface area (Å²) in [7, 11) is 0. The van der Waals surface area contributed by atoms with Gasteiger partial charge in [-0.2, -0.15) is 0 Å². The van der Waals surface area contributed by atoms with Crippen molar-refractivity contribution in [2.24, 2.45) is 0 Å². The minimum absolute atomic E-state index is 0.938. The van der Waals surface area contributed by atoms with Crippen molar-refractivity contribution in [3.8, 4) is 22.3 Å². The molecular weight excluding hydrogens is 504 g/mol. The Morgan fingerprint density at radius 2 is 1.15 bits per heavy atom. The Morgan fingerprint density at radius 3 is 1.93 bits per heavy atom. The smallest absolute Gasteiger partial charge is 0.134 e. The molecule has 0 aliphatic rings. The van der Waals surface area contributed by atoms with Crippen LogP contribution in [-0.4, -0.2) is 0 Å². The van der Waals surface area contributed by atoms with Crippen LogP contribution in [0.1, 0.15) is 0 Å². The standard InChI is InChI=1S/C38H22OS/c1-2-9-24-22-25(17-16-23(24)8-1)35-26-10-3-5-12-28(26)36(29-13-6-4-11-27(29)35)31-14-7-15-32-37-30-20-21-39-33(30)18-19-34(37)40-38(31)32/h1-22H. The lowest BCUT2D eigenvalue weighted by atomic mass is 9.85. The van der Waals surface area contributed by atoms with Crippen LogP contribution in [0.15, 0.2) is 138 Å². The average molecular weight is 527 g/mol. The first-order valence-corrected chi connectivity index (χ1v) is 14.4. The predicted octanol–water partition coefficient (Wildman–Crippen LogP) is 11.6. The summed E-state index contributed by atoms with van der Waals surface area (Å²) in [6.07, 6.45) is 1.80. The molecule has 7 aromatic carbocycles. The molecule has 9 aromatic rings. The predicted molar refractivity (Wildman–Crippen MR) is 172 cm³/mol. The van der Waals surface area contributed by atoms with Crippen LogP contribution in [0.25, 0.3) is 85.7 Å². The number of benzene rings is 7. The van der Waals surface area contributed by atoms with Crippen LogP contribution in [0, 0.1) is 0 Å². The topological polar surface area (TPSA) is 13.1 Å². The first-order chi connectivity index (χ1) is 19.8. The third-order valence-electron chi connectivity index (χ3n) is 8.33. The zero-order chi connectivity index (χ0) is 26.2. The molecule has 0 fully saturated rings. The molecule has 2 heterocycles. The van der Waals surface area contributed by atoms with E-state index in [1.54, 1.807) is 6.26 Å². The second-order valence-electron chi connectivity index (χ2n) is 10.5. The molecule has 0 atom stereocenters. The molecular formula is C38H22OS. The van der Waals surface area contributed by atoms with Gasteiger partial charge in [0, 0.05) is 31.1 Å². The summed E-state index contributed by atoms with van der Waals surface area (Å²) < 4.78 is 8.37. The summed E-state index contributed by atoms with van der Waals surface area (Å²) in [5, 5.41) is 11.4. The summed E-state index contributed by atoms with van der Waals surface area (Å²) in [4.78, 5) is 0. The molecule has 40 heavy (non-hydrogen) atoms. The Kier molecular flexibility index (Phi) is 4.55. The quantitative estimate of drug-likeness (QED) is 0.204. The van der Waals surface area contributed by atoms with Gasteiger partial charge in [0.1, 0.15) is 5.58 Å². The highest BCUT2D eigenvalue weighted by Gasteiger charge is 2.20. The van der Waals surface area contributed by atoms with Crippen LogP contribution < -0.4 is 0 Å². The van der Waals surface area contributed by atoms with E-state index in [0.29, 0.717) is 0 Å². The van der Waals surface area contributed by atoms with Crippen LogP contribution in [0.2, 0.25) is 0 Å². The molecule has 186 valence electrons. The van der Waals surface area contributed by atoms with E-state index in [4.69, 9.17) is 4.42 Å². The normalized spacial score (nSPS) is 12.0. The maximum atomic E-state index is 5.76. The van der Waals surface area contributed by atoms with Gasteiger partial charge in [-0.15, -0.1) is 11.3 Å². The fraction of sp³-hybridized carbons (Fsp3) is 0. The van der Waals surface area contributed by atoms with E-state index in [0.717, 1.165) is 5.58 Å². The Bertz CT molecular complexity index is 2380. The average Bonchev–Trinajstić information content (AvgIpc) is 3.64. The van der Waals surface area contributed by atoms with E-state index in [9.17, 15) is 0 Å². The molecule has 9 rings (SSSR count). The number of hydrogen-bond donors (Lipinski definition) is 0. The summed E-state index contributed by atoms with van der Waals surface area (Å²) in [6, 6.07) is 46.5. The third-order valence-corrected chi connectivity index (χ3v) is 9.54. The second kappa shape index (κ2) is 8.29. The second-order valence-corrected chi connectivity index (χ2v) is 11.5. The van der Waals surface area contributed by atoms with Gasteiger partial charge in [0.25, 0.3) is 0 Å². The molecule has 0 spiro atoms. The molecule has 0 unspecified atom stereocenters. The molecule has 0 radical (unpaired) electrons. The number of thiophene rings is 1. The summed E-state index contributed by atoms with van der Waals surface area (Å²) >= 11 is 1.88. The van der Waals surface area contributed by atoms with E-state index >= 15 is 0 Å². The van der Waals surface area contributed by atoms with Crippen LogP contribution in [0.5, 0.6) is 0 Å². The van der Waals surface area contributed by atoms with Gasteiger partial charge in [0.05, 0.1) is 6.26 Å². The number of rotatable bonds is 2. The van der Waals surface area contributed by atoms with E-state index < -0.39 is 0 Å². The molecule has 2 aromatic heterocycles. The molecule has 0 saturated carbocycles. The summed E-state index contributed by atoms with van der Waals surface area (Å²) in [6.45, 7) is 0. The van der Waals surface area contributed by atoms with E-state index in [1.165, 1.54) is 80.1 Å². The van der Waals surface area contributed by atoms with Crippen molar-refractivity contribution in [1.82, 2.24) is 0 Å². The van der Waals surface area contributed by atoms with Crippen molar-refractivity contribution in [2.75, 3.05) is 0 Å². The summed E-state index contributed by atoms with van der Waals surface area (Å²) in [5.41, 5.74) is 6.07. The highest BCUT2D eigenvalue weighted by molar-refractivity contribution is 7.26. The van der Waals surface area contributed by atoms with E-state index in [2.05, 4.69) is 127 Å². The van der Waals surface area contributed by atoms with Gasteiger partial charge in [-0.1, -0.05) is 103 Å². The van der Waals surface area contributed by atoms with Gasteiger partial charge < -0.3 is 4.42 Å². The molecule has 0 amide bonds. The van der Waals surface area contributed by atoms with Gasteiger partial charge >= 0.3 is 0 Å². The van der Waals surface area contributed by atoms with Gasteiger partial charge in [-0.25, -0.2) is 0 Å². The SMILES string of the molecule is c1ccc2cc(-c3c4ccccc4c(-c4cccc5c4sc4ccc6occc6c45)c4ccccc34)ccc2c1. The first kappa shape index (κ1) is 22.0. The van der Waals surface area contributed by atoms with Crippen LogP contribution in [-0.2, 0) is 0 Å². The van der Waals surface area contributed by atoms with E-state index in [-0.39, 0.29) is 0 Å². The van der Waals surface area contributed by atoms with Crippen LogP contribution in [0.4, 0.5) is 0 Å². The van der Waals surface area contributed by atoms with Crippen molar-refractivity contribution < 1.29 is 4.42 Å².